The number of nitrogens with zero attached hydrogens (tertiary/aromatic N) is 1. The van der Waals surface area contributed by atoms with Gasteiger partial charge in [-0.05, 0) is 63.2 Å². The van der Waals surface area contributed by atoms with Gasteiger partial charge in [0, 0.05) is 12.6 Å². The predicted octanol–water partition coefficient (Wildman–Crippen LogP) is 2.61. The Kier molecular flexibility index (Phi) is 5.23. The van der Waals surface area contributed by atoms with E-state index in [0.29, 0.717) is 6.04 Å². The van der Waals surface area contributed by atoms with Crippen LogP contribution >= 0.6 is 0 Å². The molecule has 0 aromatic heterocycles. The van der Waals surface area contributed by atoms with Gasteiger partial charge >= 0.3 is 0 Å². The summed E-state index contributed by atoms with van der Waals surface area (Å²) in [4.78, 5) is 2.14. The summed E-state index contributed by atoms with van der Waals surface area (Å²) >= 11 is 0. The van der Waals surface area contributed by atoms with Crippen LogP contribution in [0.2, 0.25) is 0 Å². The molecule has 1 atom stereocenters. The number of aryl methyl sites for hydroxylation is 1. The normalized spacial score (nSPS) is 17.8. The fourth-order valence-electron chi connectivity index (χ4n) is 2.56. The third-order valence-electron chi connectivity index (χ3n) is 3.64. The third kappa shape index (κ3) is 3.95. The lowest BCUT2D eigenvalue weighted by Crippen LogP contribution is -2.20. The maximum Gasteiger partial charge on any atom is 0.119 e. The third-order valence-corrected chi connectivity index (χ3v) is 3.64. The Bertz CT molecular complexity index is 404. The number of rotatable bonds is 7. The smallest absolute Gasteiger partial charge is 0.119 e. The van der Waals surface area contributed by atoms with Crippen molar-refractivity contribution in [3.05, 3.63) is 29.3 Å². The number of hydrogen-bond donors (Lipinski definition) is 1. The van der Waals surface area contributed by atoms with Gasteiger partial charge in [-0.1, -0.05) is 13.0 Å². The molecule has 1 aromatic carbocycles. The fraction of sp³-hybridized carbons (Fsp3) is 0.625. The molecule has 0 bridgehead atoms. The molecule has 1 aliphatic rings. The Morgan fingerprint density at radius 3 is 2.95 bits per heavy atom. The summed E-state index contributed by atoms with van der Waals surface area (Å²) < 4.78 is 5.80. The van der Waals surface area contributed by atoms with Crippen molar-refractivity contribution in [1.29, 1.82) is 0 Å². The molecule has 3 nitrogen and oxygen atoms in total. The molecule has 1 N–H and O–H groups in total. The van der Waals surface area contributed by atoms with Crippen LogP contribution in [0.25, 0.3) is 0 Å². The van der Waals surface area contributed by atoms with Crippen LogP contribution in [-0.4, -0.2) is 38.7 Å². The highest BCUT2D eigenvalue weighted by atomic mass is 16.5. The molecule has 3 heteroatoms. The first-order valence-corrected chi connectivity index (χ1v) is 7.34. The number of likely N-dealkylation sites (N-methyl/N-ethyl adjacent to an activating group) is 1. The highest BCUT2D eigenvalue weighted by molar-refractivity contribution is 5.40. The monoisotopic (exact) mass is 262 g/mol. The summed E-state index contributed by atoms with van der Waals surface area (Å²) in [5, 5.41) is 3.62. The van der Waals surface area contributed by atoms with E-state index < -0.39 is 0 Å². The van der Waals surface area contributed by atoms with E-state index in [1.54, 1.807) is 0 Å². The van der Waals surface area contributed by atoms with E-state index >= 15 is 0 Å². The van der Waals surface area contributed by atoms with Gasteiger partial charge in [-0.2, -0.15) is 0 Å². The zero-order chi connectivity index (χ0) is 13.7. The molecule has 0 amide bonds. The van der Waals surface area contributed by atoms with Crippen LogP contribution in [0.3, 0.4) is 0 Å². The average Bonchev–Trinajstić information content (AvgIpc) is 2.78. The first-order chi connectivity index (χ1) is 9.20. The molecule has 1 aliphatic carbocycles. The van der Waals surface area contributed by atoms with Gasteiger partial charge in [-0.25, -0.2) is 0 Å². The summed E-state index contributed by atoms with van der Waals surface area (Å²) in [6.45, 7) is 5.02. The second kappa shape index (κ2) is 6.92. The first kappa shape index (κ1) is 14.4. The lowest BCUT2D eigenvalue weighted by molar-refractivity contribution is 0.261. The van der Waals surface area contributed by atoms with Crippen LogP contribution in [0.1, 0.15) is 36.9 Å². The van der Waals surface area contributed by atoms with Gasteiger partial charge in [0.05, 0.1) is 0 Å². The van der Waals surface area contributed by atoms with Gasteiger partial charge < -0.3 is 15.0 Å². The SMILES string of the molecule is CCCNC1CCc2cc(OCCN(C)C)ccc21. The van der Waals surface area contributed by atoms with Crippen molar-refractivity contribution >= 4 is 0 Å². The molecule has 0 heterocycles. The van der Waals surface area contributed by atoms with Crippen molar-refractivity contribution in [2.45, 2.75) is 32.2 Å². The van der Waals surface area contributed by atoms with E-state index in [0.717, 1.165) is 25.4 Å². The Labute approximate surface area is 116 Å². The van der Waals surface area contributed by atoms with E-state index in [1.165, 1.54) is 30.4 Å². The standard InChI is InChI=1S/C16H26N2O/c1-4-9-17-16-8-5-13-12-14(6-7-15(13)16)19-11-10-18(2)3/h6-7,12,16-17H,4-5,8-11H2,1-3H3. The number of ether oxygens (including phenoxy) is 1. The average molecular weight is 262 g/mol. The van der Waals surface area contributed by atoms with Crippen LogP contribution in [0.5, 0.6) is 5.75 Å². The Morgan fingerprint density at radius 1 is 1.37 bits per heavy atom. The summed E-state index contributed by atoms with van der Waals surface area (Å²) in [7, 11) is 4.13. The topological polar surface area (TPSA) is 24.5 Å². The minimum absolute atomic E-state index is 0.547. The molecule has 0 saturated carbocycles. The van der Waals surface area contributed by atoms with E-state index in [2.05, 4.69) is 49.4 Å². The molecule has 1 aromatic rings. The molecule has 0 aliphatic heterocycles. The van der Waals surface area contributed by atoms with Gasteiger partial charge in [0.1, 0.15) is 12.4 Å². The molecule has 2 rings (SSSR count). The van der Waals surface area contributed by atoms with Crippen molar-refractivity contribution in [2.24, 2.45) is 0 Å². The predicted molar refractivity (Wildman–Crippen MR) is 79.8 cm³/mol. The van der Waals surface area contributed by atoms with Crippen molar-refractivity contribution < 1.29 is 4.74 Å². The molecular formula is C16H26N2O. The van der Waals surface area contributed by atoms with Gasteiger partial charge in [0.25, 0.3) is 0 Å². The Morgan fingerprint density at radius 2 is 2.21 bits per heavy atom. The largest absolute Gasteiger partial charge is 0.492 e. The van der Waals surface area contributed by atoms with Gasteiger partial charge in [0.15, 0.2) is 0 Å². The second-order valence-electron chi connectivity index (χ2n) is 5.56. The number of nitrogens with one attached hydrogen (secondary N) is 1. The van der Waals surface area contributed by atoms with Crippen molar-refractivity contribution in [2.75, 3.05) is 33.8 Å². The van der Waals surface area contributed by atoms with Crippen LogP contribution in [0.15, 0.2) is 18.2 Å². The molecule has 106 valence electrons. The Hall–Kier alpha value is -1.06. The van der Waals surface area contributed by atoms with Crippen LogP contribution in [0, 0.1) is 0 Å². The van der Waals surface area contributed by atoms with E-state index in [9.17, 15) is 0 Å². The number of benzene rings is 1. The summed E-state index contributed by atoms with van der Waals surface area (Å²) in [6.07, 6.45) is 3.58. The molecular weight excluding hydrogens is 236 g/mol. The minimum atomic E-state index is 0.547. The molecule has 0 saturated heterocycles. The molecule has 19 heavy (non-hydrogen) atoms. The first-order valence-electron chi connectivity index (χ1n) is 7.34. The zero-order valence-electron chi connectivity index (χ0n) is 12.4. The van der Waals surface area contributed by atoms with Crippen molar-refractivity contribution in [3.63, 3.8) is 0 Å². The van der Waals surface area contributed by atoms with Crippen molar-refractivity contribution in [3.8, 4) is 5.75 Å². The van der Waals surface area contributed by atoms with Crippen molar-refractivity contribution in [1.82, 2.24) is 10.2 Å². The zero-order valence-corrected chi connectivity index (χ0v) is 12.4. The molecule has 0 radical (unpaired) electrons. The van der Waals surface area contributed by atoms with Crippen LogP contribution in [-0.2, 0) is 6.42 Å². The fourth-order valence-corrected chi connectivity index (χ4v) is 2.56. The summed E-state index contributed by atoms with van der Waals surface area (Å²) in [6, 6.07) is 7.12. The number of hydrogen-bond acceptors (Lipinski definition) is 3. The molecule has 1 unspecified atom stereocenters. The minimum Gasteiger partial charge on any atom is -0.492 e. The molecule has 0 spiro atoms. The lowest BCUT2D eigenvalue weighted by Gasteiger charge is -2.14. The van der Waals surface area contributed by atoms with Crippen LogP contribution in [0.4, 0.5) is 0 Å². The van der Waals surface area contributed by atoms with Crippen LogP contribution < -0.4 is 10.1 Å². The van der Waals surface area contributed by atoms with Gasteiger partial charge in [-0.15, -0.1) is 0 Å². The summed E-state index contributed by atoms with van der Waals surface area (Å²) in [5.74, 6) is 1.01. The highest BCUT2D eigenvalue weighted by Crippen LogP contribution is 2.33. The summed E-state index contributed by atoms with van der Waals surface area (Å²) in [5.41, 5.74) is 2.92. The van der Waals surface area contributed by atoms with E-state index in [4.69, 9.17) is 4.74 Å². The maximum atomic E-state index is 5.80. The number of fused-ring (bicyclic) bond motifs is 1. The molecule has 0 fully saturated rings. The van der Waals surface area contributed by atoms with Gasteiger partial charge in [-0.3, -0.25) is 0 Å². The second-order valence-corrected chi connectivity index (χ2v) is 5.56. The maximum absolute atomic E-state index is 5.80. The lowest BCUT2D eigenvalue weighted by atomic mass is 10.1. The van der Waals surface area contributed by atoms with E-state index in [1.807, 2.05) is 0 Å². The van der Waals surface area contributed by atoms with Gasteiger partial charge in [0.2, 0.25) is 0 Å². The van der Waals surface area contributed by atoms with E-state index in [-0.39, 0.29) is 0 Å². The Balaban J connectivity index is 1.93. The highest BCUT2D eigenvalue weighted by Gasteiger charge is 2.21. The quantitative estimate of drug-likeness (QED) is 0.817.